The van der Waals surface area contributed by atoms with Crippen LogP contribution in [0.4, 0.5) is 5.95 Å². The third-order valence-electron chi connectivity index (χ3n) is 3.02. The minimum atomic E-state index is 0.548. The van der Waals surface area contributed by atoms with Gasteiger partial charge in [-0.05, 0) is 30.9 Å². The van der Waals surface area contributed by atoms with E-state index in [1.807, 2.05) is 13.0 Å². The first-order valence-corrected chi connectivity index (χ1v) is 8.69. The zero-order valence-electron chi connectivity index (χ0n) is 12.0. The lowest BCUT2D eigenvalue weighted by Crippen LogP contribution is -2.04. The molecular formula is C15H17N3OS2. The second kappa shape index (κ2) is 6.41. The van der Waals surface area contributed by atoms with E-state index in [0.29, 0.717) is 18.4 Å². The number of fused-ring (bicyclic) bond motifs is 1. The van der Waals surface area contributed by atoms with E-state index in [0.717, 1.165) is 23.2 Å². The van der Waals surface area contributed by atoms with Gasteiger partial charge in [0.1, 0.15) is 11.4 Å². The Hall–Kier alpha value is -1.66. The van der Waals surface area contributed by atoms with Gasteiger partial charge in [0.2, 0.25) is 11.8 Å². The fourth-order valence-electron chi connectivity index (χ4n) is 2.00. The number of aromatic nitrogens is 2. The second-order valence-electron chi connectivity index (χ2n) is 4.54. The first-order valence-electron chi connectivity index (χ1n) is 6.99. The maximum atomic E-state index is 5.93. The van der Waals surface area contributed by atoms with Crippen molar-refractivity contribution in [2.75, 3.05) is 11.9 Å². The Morgan fingerprint density at radius 3 is 2.86 bits per heavy atom. The maximum absolute atomic E-state index is 5.93. The molecular weight excluding hydrogens is 302 g/mol. The van der Waals surface area contributed by atoms with Gasteiger partial charge in [-0.2, -0.15) is 4.98 Å². The number of aryl methyl sites for hydroxylation is 1. The third-order valence-corrected chi connectivity index (χ3v) is 5.05. The molecule has 0 amide bonds. The molecule has 6 heteroatoms. The number of hydrogen-bond acceptors (Lipinski definition) is 6. The molecule has 0 fully saturated rings. The van der Waals surface area contributed by atoms with Crippen LogP contribution in [0.15, 0.2) is 23.6 Å². The molecule has 0 unspecified atom stereocenters. The summed E-state index contributed by atoms with van der Waals surface area (Å²) in [6, 6.07) is 6.24. The number of hydrogen-bond donors (Lipinski definition) is 1. The van der Waals surface area contributed by atoms with Gasteiger partial charge < -0.3 is 10.1 Å². The molecule has 0 radical (unpaired) electrons. The summed E-state index contributed by atoms with van der Waals surface area (Å²) in [5, 5.41) is 6.23. The van der Waals surface area contributed by atoms with Crippen LogP contribution < -0.4 is 10.1 Å². The first-order chi connectivity index (χ1) is 10.3. The molecule has 0 spiro atoms. The van der Waals surface area contributed by atoms with E-state index >= 15 is 0 Å². The average Bonchev–Trinajstić information content (AvgIpc) is 3.14. The molecule has 3 heterocycles. The largest absolute Gasteiger partial charge is 0.471 e. The molecule has 0 saturated carbocycles. The highest BCUT2D eigenvalue weighted by atomic mass is 32.1. The molecule has 0 saturated heterocycles. The van der Waals surface area contributed by atoms with Crippen LogP contribution in [0.2, 0.25) is 0 Å². The summed E-state index contributed by atoms with van der Waals surface area (Å²) >= 11 is 3.40. The van der Waals surface area contributed by atoms with Crippen LogP contribution in [0.5, 0.6) is 5.88 Å². The lowest BCUT2D eigenvalue weighted by atomic mass is 10.3. The van der Waals surface area contributed by atoms with Crippen molar-refractivity contribution in [2.24, 2.45) is 0 Å². The van der Waals surface area contributed by atoms with Crippen LogP contribution in [0.1, 0.15) is 23.6 Å². The highest BCUT2D eigenvalue weighted by Gasteiger charge is 2.12. The van der Waals surface area contributed by atoms with Crippen LogP contribution in [0.3, 0.4) is 0 Å². The van der Waals surface area contributed by atoms with Crippen LogP contribution in [-0.2, 0) is 13.0 Å². The van der Waals surface area contributed by atoms with Crippen molar-refractivity contribution in [3.05, 3.63) is 33.3 Å². The zero-order valence-corrected chi connectivity index (χ0v) is 13.7. The van der Waals surface area contributed by atoms with Gasteiger partial charge in [0, 0.05) is 16.3 Å². The van der Waals surface area contributed by atoms with Crippen LogP contribution in [-0.4, -0.2) is 16.5 Å². The summed E-state index contributed by atoms with van der Waals surface area (Å²) in [6.45, 7) is 5.52. The number of anilines is 1. The molecule has 0 aliphatic rings. The van der Waals surface area contributed by atoms with Crippen LogP contribution in [0, 0.1) is 0 Å². The zero-order chi connectivity index (χ0) is 14.7. The fourth-order valence-corrected chi connectivity index (χ4v) is 3.57. The fraction of sp³-hybridized carbons (Fsp3) is 0.333. The first kappa shape index (κ1) is 14.3. The van der Waals surface area contributed by atoms with Gasteiger partial charge in [-0.25, -0.2) is 4.98 Å². The molecule has 0 aliphatic heterocycles. The average molecular weight is 319 g/mol. The van der Waals surface area contributed by atoms with Crippen molar-refractivity contribution in [1.82, 2.24) is 9.97 Å². The van der Waals surface area contributed by atoms with Gasteiger partial charge in [0.05, 0.1) is 5.39 Å². The Morgan fingerprint density at radius 1 is 1.24 bits per heavy atom. The molecule has 1 N–H and O–H groups in total. The Labute approximate surface area is 131 Å². The minimum absolute atomic E-state index is 0.548. The van der Waals surface area contributed by atoms with E-state index in [-0.39, 0.29) is 0 Å². The number of nitrogens with zero attached hydrogens (tertiary/aromatic N) is 2. The summed E-state index contributed by atoms with van der Waals surface area (Å²) in [5.74, 6) is 1.30. The van der Waals surface area contributed by atoms with E-state index in [4.69, 9.17) is 4.74 Å². The summed E-state index contributed by atoms with van der Waals surface area (Å²) in [4.78, 5) is 12.5. The van der Waals surface area contributed by atoms with E-state index < -0.39 is 0 Å². The van der Waals surface area contributed by atoms with E-state index in [2.05, 4.69) is 39.7 Å². The summed E-state index contributed by atoms with van der Waals surface area (Å²) in [5.41, 5.74) is 0. The van der Waals surface area contributed by atoms with Gasteiger partial charge in [-0.1, -0.05) is 13.0 Å². The molecule has 3 aromatic rings. The van der Waals surface area contributed by atoms with E-state index in [1.54, 1.807) is 22.7 Å². The highest BCUT2D eigenvalue weighted by Crippen LogP contribution is 2.32. The molecule has 0 atom stereocenters. The van der Waals surface area contributed by atoms with Crippen LogP contribution in [0.25, 0.3) is 10.2 Å². The second-order valence-corrected chi connectivity index (χ2v) is 6.68. The molecule has 3 aromatic heterocycles. The quantitative estimate of drug-likeness (QED) is 0.735. The molecule has 0 bridgehead atoms. The lowest BCUT2D eigenvalue weighted by molar-refractivity contribution is 0.301. The Balaban J connectivity index is 1.94. The van der Waals surface area contributed by atoms with Crippen molar-refractivity contribution in [3.8, 4) is 5.88 Å². The molecule has 110 valence electrons. The van der Waals surface area contributed by atoms with Gasteiger partial charge in [0.15, 0.2) is 0 Å². The maximum Gasteiger partial charge on any atom is 0.227 e. The lowest BCUT2D eigenvalue weighted by Gasteiger charge is -2.07. The SMILES string of the molecule is CCNc1nc(OCc2cccs2)c2cc(CC)sc2n1. The number of ether oxygens (including phenoxy) is 1. The molecule has 21 heavy (non-hydrogen) atoms. The van der Waals surface area contributed by atoms with Gasteiger partial charge in [-0.15, -0.1) is 22.7 Å². The van der Waals surface area contributed by atoms with E-state index in [1.165, 1.54) is 9.75 Å². The third kappa shape index (κ3) is 3.16. The van der Waals surface area contributed by atoms with Crippen molar-refractivity contribution in [3.63, 3.8) is 0 Å². The Morgan fingerprint density at radius 2 is 2.14 bits per heavy atom. The van der Waals surface area contributed by atoms with Gasteiger partial charge >= 0.3 is 0 Å². The molecule has 4 nitrogen and oxygen atoms in total. The smallest absolute Gasteiger partial charge is 0.227 e. The highest BCUT2D eigenvalue weighted by molar-refractivity contribution is 7.18. The topological polar surface area (TPSA) is 47.0 Å². The van der Waals surface area contributed by atoms with E-state index in [9.17, 15) is 0 Å². The molecule has 0 aromatic carbocycles. The molecule has 3 rings (SSSR count). The summed E-state index contributed by atoms with van der Waals surface area (Å²) in [6.07, 6.45) is 1.00. The minimum Gasteiger partial charge on any atom is -0.471 e. The predicted molar refractivity (Wildman–Crippen MR) is 89.6 cm³/mol. The van der Waals surface area contributed by atoms with Crippen molar-refractivity contribution >= 4 is 38.8 Å². The standard InChI is InChI=1S/C15H17N3OS2/c1-3-10-8-12-13(19-9-11-6-5-7-20-11)17-15(16-4-2)18-14(12)21-10/h5-8H,3-4,9H2,1-2H3,(H,16,17,18). The Kier molecular flexibility index (Phi) is 4.36. The van der Waals surface area contributed by atoms with Crippen molar-refractivity contribution in [2.45, 2.75) is 26.9 Å². The number of rotatable bonds is 6. The van der Waals surface area contributed by atoms with Crippen LogP contribution >= 0.6 is 22.7 Å². The Bertz CT molecular complexity index is 722. The number of thiophene rings is 2. The van der Waals surface area contributed by atoms with Gasteiger partial charge in [0.25, 0.3) is 0 Å². The molecule has 0 aliphatic carbocycles. The predicted octanol–water partition coefficient (Wildman–Crippen LogP) is 4.33. The summed E-state index contributed by atoms with van der Waals surface area (Å²) in [7, 11) is 0. The van der Waals surface area contributed by atoms with Crippen molar-refractivity contribution < 1.29 is 4.74 Å². The van der Waals surface area contributed by atoms with Gasteiger partial charge in [-0.3, -0.25) is 0 Å². The monoisotopic (exact) mass is 319 g/mol. The normalized spacial score (nSPS) is 11.0. The summed E-state index contributed by atoms with van der Waals surface area (Å²) < 4.78 is 5.93. The number of nitrogens with one attached hydrogen (secondary N) is 1. The van der Waals surface area contributed by atoms with Crippen molar-refractivity contribution in [1.29, 1.82) is 0 Å².